The molecule has 4 heteroatoms. The highest BCUT2D eigenvalue weighted by molar-refractivity contribution is 9.10. The molecule has 0 spiro atoms. The number of anilines is 3. The predicted octanol–water partition coefficient (Wildman–Crippen LogP) is 20.7. The fourth-order valence-corrected chi connectivity index (χ4v) is 12.7. The first-order valence-electron chi connectivity index (χ1n) is 25.0. The number of benzene rings is 11. The van der Waals surface area contributed by atoms with Gasteiger partial charge in [-0.05, 0) is 155 Å². The third kappa shape index (κ3) is 7.42. The van der Waals surface area contributed by atoms with Crippen molar-refractivity contribution in [2.45, 2.75) is 52.4 Å². The highest BCUT2D eigenvalue weighted by Gasteiger charge is 2.25. The molecule has 2 aromatic heterocycles. The first kappa shape index (κ1) is 44.4. The van der Waals surface area contributed by atoms with Gasteiger partial charge in [0.2, 0.25) is 0 Å². The van der Waals surface area contributed by atoms with Crippen molar-refractivity contribution in [1.82, 2.24) is 4.57 Å². The highest BCUT2D eigenvalue weighted by atomic mass is 79.9. The van der Waals surface area contributed by atoms with Crippen molar-refractivity contribution in [1.29, 1.82) is 0 Å². The average Bonchev–Trinajstić information content (AvgIpc) is 3.96. The fraction of sp³-hybridized carbons (Fsp3) is 0.118. The Labute approximate surface area is 433 Å². The summed E-state index contributed by atoms with van der Waals surface area (Å²) >= 11 is 5.86. The van der Waals surface area contributed by atoms with Crippen LogP contribution in [0, 0.1) is 0 Å². The topological polar surface area (TPSA) is 8.17 Å². The molecule has 348 valence electrons. The van der Waals surface area contributed by atoms with Gasteiger partial charge in [0, 0.05) is 47.6 Å². The average molecular weight is 1010 g/mol. The molecule has 0 aliphatic carbocycles. The molecule has 13 aromatic rings. The van der Waals surface area contributed by atoms with E-state index < -0.39 is 0 Å². The summed E-state index contributed by atoms with van der Waals surface area (Å²) in [5.74, 6) is 0. The number of rotatable bonds is 7. The van der Waals surface area contributed by atoms with Crippen LogP contribution < -0.4 is 4.90 Å². The van der Waals surface area contributed by atoms with Crippen molar-refractivity contribution in [3.8, 4) is 39.1 Å². The molecule has 0 radical (unpaired) electrons. The Balaban J connectivity index is 0.990. The minimum absolute atomic E-state index is 0.0108. The molecule has 0 saturated heterocycles. The summed E-state index contributed by atoms with van der Waals surface area (Å²) in [6.07, 6.45) is 0. The fourth-order valence-electron chi connectivity index (χ4n) is 11.2. The Bertz CT molecular complexity index is 4200. The van der Waals surface area contributed by atoms with Crippen molar-refractivity contribution >= 4 is 109 Å². The van der Waals surface area contributed by atoms with E-state index in [-0.39, 0.29) is 10.8 Å². The maximum absolute atomic E-state index is 4.06. The Kier molecular flexibility index (Phi) is 10.4. The van der Waals surface area contributed by atoms with Gasteiger partial charge in [0.15, 0.2) is 0 Å². The first-order chi connectivity index (χ1) is 34.9. The van der Waals surface area contributed by atoms with Gasteiger partial charge in [0.25, 0.3) is 0 Å². The van der Waals surface area contributed by atoms with Crippen LogP contribution in [0.3, 0.4) is 0 Å². The maximum Gasteiger partial charge on any atom is 0.0647 e. The van der Waals surface area contributed by atoms with Crippen LogP contribution in [-0.2, 0) is 10.8 Å². The Morgan fingerprint density at radius 2 is 1.04 bits per heavy atom. The first-order valence-corrected chi connectivity index (χ1v) is 26.7. The van der Waals surface area contributed by atoms with Gasteiger partial charge in [0.05, 0.1) is 22.4 Å². The summed E-state index contributed by atoms with van der Waals surface area (Å²) in [4.78, 5) is 2.47. The largest absolute Gasteiger partial charge is 0.309 e. The van der Waals surface area contributed by atoms with Crippen molar-refractivity contribution in [2.24, 2.45) is 0 Å². The molecule has 0 N–H and O–H groups in total. The second kappa shape index (κ2) is 16.8. The number of nitrogens with zero attached hydrogens (tertiary/aromatic N) is 2. The minimum atomic E-state index is -0.0108. The van der Waals surface area contributed by atoms with Crippen molar-refractivity contribution < 1.29 is 0 Å². The van der Waals surface area contributed by atoms with Crippen LogP contribution in [0.2, 0.25) is 0 Å². The van der Waals surface area contributed by atoms with E-state index in [1.54, 1.807) is 11.3 Å². The molecular formula is C68H53BrN2S. The highest BCUT2D eigenvalue weighted by Crippen LogP contribution is 2.49. The lowest BCUT2D eigenvalue weighted by molar-refractivity contribution is 0.591. The molecule has 2 nitrogen and oxygen atoms in total. The molecule has 0 unspecified atom stereocenters. The molecule has 13 rings (SSSR count). The van der Waals surface area contributed by atoms with E-state index in [9.17, 15) is 0 Å². The van der Waals surface area contributed by atoms with E-state index in [0.717, 1.165) is 38.3 Å². The molecular weight excluding hydrogens is 957 g/mol. The number of para-hydroxylation sites is 3. The zero-order valence-electron chi connectivity index (χ0n) is 41.4. The lowest BCUT2D eigenvalue weighted by atomic mass is 9.79. The third-order valence-corrected chi connectivity index (χ3v) is 16.3. The van der Waals surface area contributed by atoms with Gasteiger partial charge >= 0.3 is 0 Å². The summed E-state index contributed by atoms with van der Waals surface area (Å²) in [5.41, 5.74) is 16.7. The molecule has 0 amide bonds. The standard InChI is InChI=1S/C68H53BrN2S/c1-67(2,3)49-32-45-27-28-46-33-50(68(4,5)6)38-59-58(37-48(34-49)65(45)66(46)59)44-20-16-19-43(31-44)47-35-51(69)39-53(36-47)71(60-24-13-10-21-54(60)42-17-8-7-9-18-42)63-41-72-64-40-52(29-30-57(63)64)70-61-25-14-11-22-55(61)56-23-12-15-26-62(56)70/h7-41H,1-6H3. The Morgan fingerprint density at radius 3 is 1.78 bits per heavy atom. The van der Waals surface area contributed by atoms with E-state index in [1.807, 2.05) is 0 Å². The second-order valence-electron chi connectivity index (χ2n) is 21.6. The van der Waals surface area contributed by atoms with Crippen LogP contribution in [0.4, 0.5) is 17.1 Å². The molecule has 72 heavy (non-hydrogen) atoms. The van der Waals surface area contributed by atoms with Gasteiger partial charge in [-0.1, -0.05) is 191 Å². The summed E-state index contributed by atoms with van der Waals surface area (Å²) < 4.78 is 4.66. The van der Waals surface area contributed by atoms with Crippen LogP contribution >= 0.6 is 27.3 Å². The third-order valence-electron chi connectivity index (χ3n) is 14.9. The van der Waals surface area contributed by atoms with E-state index in [1.165, 1.54) is 97.6 Å². The smallest absolute Gasteiger partial charge is 0.0647 e. The van der Waals surface area contributed by atoms with Crippen molar-refractivity contribution in [2.75, 3.05) is 4.90 Å². The van der Waals surface area contributed by atoms with Gasteiger partial charge < -0.3 is 9.47 Å². The summed E-state index contributed by atoms with van der Waals surface area (Å²) in [7, 11) is 0. The van der Waals surface area contributed by atoms with Crippen LogP contribution in [-0.4, -0.2) is 4.57 Å². The Morgan fingerprint density at radius 1 is 0.417 bits per heavy atom. The zero-order valence-corrected chi connectivity index (χ0v) is 43.8. The molecule has 0 atom stereocenters. The monoisotopic (exact) mass is 1010 g/mol. The number of halogens is 1. The van der Waals surface area contributed by atoms with Gasteiger partial charge in [-0.15, -0.1) is 11.3 Å². The van der Waals surface area contributed by atoms with Gasteiger partial charge in [-0.3, -0.25) is 0 Å². The van der Waals surface area contributed by atoms with Crippen LogP contribution in [0.1, 0.15) is 52.7 Å². The molecule has 0 fully saturated rings. The zero-order chi connectivity index (χ0) is 49.0. The van der Waals surface area contributed by atoms with E-state index in [4.69, 9.17) is 0 Å². The van der Waals surface area contributed by atoms with Gasteiger partial charge in [-0.2, -0.15) is 0 Å². The number of fused-ring (bicyclic) bond motifs is 4. The Hall–Kier alpha value is -7.50. The molecule has 0 aliphatic rings. The predicted molar refractivity (Wildman–Crippen MR) is 316 cm³/mol. The normalized spacial score (nSPS) is 12.4. The number of hydrogen-bond acceptors (Lipinski definition) is 2. The van der Waals surface area contributed by atoms with Crippen LogP contribution in [0.15, 0.2) is 216 Å². The SMILES string of the molecule is CC(C)(C)c1cc2ccc3cc(C(C)(C)C)cc4c(-c5cccc(-c6cc(Br)cc(N(c7ccccc7-c7ccccc7)c7csc8cc(-n9c%10ccccc%10c%10ccccc%109)ccc78)c6)c5)cc(c1)c2c34. The van der Waals surface area contributed by atoms with E-state index >= 15 is 0 Å². The second-order valence-corrected chi connectivity index (χ2v) is 23.4. The molecule has 0 aliphatic heterocycles. The van der Waals surface area contributed by atoms with Crippen molar-refractivity contribution in [3.05, 3.63) is 227 Å². The molecule has 2 heterocycles. The number of hydrogen-bond donors (Lipinski definition) is 0. The molecule has 0 saturated carbocycles. The lowest BCUT2D eigenvalue weighted by Gasteiger charge is -2.28. The maximum atomic E-state index is 4.06. The lowest BCUT2D eigenvalue weighted by Crippen LogP contribution is -2.12. The van der Waals surface area contributed by atoms with Crippen LogP contribution in [0.25, 0.3) is 103 Å². The summed E-state index contributed by atoms with van der Waals surface area (Å²) in [5, 5.41) is 14.0. The molecule has 11 aromatic carbocycles. The minimum Gasteiger partial charge on any atom is -0.309 e. The quantitative estimate of drug-likeness (QED) is 0.144. The molecule has 0 bridgehead atoms. The van der Waals surface area contributed by atoms with Crippen molar-refractivity contribution in [3.63, 3.8) is 0 Å². The summed E-state index contributed by atoms with van der Waals surface area (Å²) in [6.45, 7) is 13.9. The van der Waals surface area contributed by atoms with Crippen LogP contribution in [0.5, 0.6) is 0 Å². The van der Waals surface area contributed by atoms with E-state index in [2.05, 4.69) is 279 Å². The van der Waals surface area contributed by atoms with Gasteiger partial charge in [0.1, 0.15) is 0 Å². The summed E-state index contributed by atoms with van der Waals surface area (Å²) in [6, 6.07) is 77.1. The number of aromatic nitrogens is 1. The van der Waals surface area contributed by atoms with E-state index in [0.29, 0.717) is 0 Å². The number of thiophene rings is 1. The van der Waals surface area contributed by atoms with Gasteiger partial charge in [-0.25, -0.2) is 0 Å².